The maximum Gasteiger partial charge on any atom is 0.147 e. The second kappa shape index (κ2) is 4.96. The van der Waals surface area contributed by atoms with Crippen LogP contribution in [0, 0.1) is 0 Å². The molecule has 0 amide bonds. The third-order valence-corrected chi connectivity index (χ3v) is 6.07. The van der Waals surface area contributed by atoms with E-state index in [1.807, 2.05) is 18.5 Å². The van der Waals surface area contributed by atoms with Crippen LogP contribution in [0.2, 0.25) is 0 Å². The van der Waals surface area contributed by atoms with E-state index in [0.29, 0.717) is 0 Å². The van der Waals surface area contributed by atoms with E-state index in [9.17, 15) is 0 Å². The molecule has 0 bridgehead atoms. The highest BCUT2D eigenvalue weighted by atomic mass is 15.0. The van der Waals surface area contributed by atoms with Gasteiger partial charge in [0.25, 0.3) is 0 Å². The first kappa shape index (κ1) is 14.4. The lowest BCUT2D eigenvalue weighted by molar-refractivity contribution is 1.26. The van der Waals surface area contributed by atoms with Gasteiger partial charge in [-0.25, -0.2) is 4.98 Å². The fourth-order valence-corrected chi connectivity index (χ4v) is 4.91. The van der Waals surface area contributed by atoms with E-state index in [-0.39, 0.29) is 0 Å². The van der Waals surface area contributed by atoms with E-state index >= 15 is 0 Å². The van der Waals surface area contributed by atoms with Gasteiger partial charge in [0.05, 0.1) is 22.7 Å². The van der Waals surface area contributed by atoms with E-state index in [0.717, 1.165) is 23.1 Å². The number of hydrogen-bond donors (Lipinski definition) is 0. The predicted octanol–water partition coefficient (Wildman–Crippen LogP) is 5.76. The Morgan fingerprint density at radius 3 is 2.64 bits per heavy atom. The molecule has 6 aromatic rings. The average Bonchev–Trinajstić information content (AvgIpc) is 3.32. The van der Waals surface area contributed by atoms with Gasteiger partial charge in [0.2, 0.25) is 0 Å². The first-order valence-electron chi connectivity index (χ1n) is 9.57. The number of rotatable bonds is 0. The molecule has 3 aromatic carbocycles. The summed E-state index contributed by atoms with van der Waals surface area (Å²) in [7, 11) is 0. The van der Waals surface area contributed by atoms with Crippen LogP contribution in [0.25, 0.3) is 49.5 Å². The fraction of sp³-hybridized carbons (Fsp3) is 0.0400. The molecule has 28 heavy (non-hydrogen) atoms. The maximum absolute atomic E-state index is 5.07. The molecule has 0 aliphatic heterocycles. The molecule has 0 unspecified atom stereocenters. The van der Waals surface area contributed by atoms with Crippen molar-refractivity contribution in [1.29, 1.82) is 0 Å². The zero-order valence-corrected chi connectivity index (χ0v) is 15.1. The molecule has 3 nitrogen and oxygen atoms in total. The summed E-state index contributed by atoms with van der Waals surface area (Å²) in [5, 5.41) is 3.76. The van der Waals surface area contributed by atoms with Gasteiger partial charge >= 0.3 is 0 Å². The van der Waals surface area contributed by atoms with E-state index in [4.69, 9.17) is 4.98 Å². The summed E-state index contributed by atoms with van der Waals surface area (Å²) in [6.45, 7) is 0. The second-order valence-corrected chi connectivity index (χ2v) is 7.51. The highest BCUT2D eigenvalue weighted by Crippen LogP contribution is 2.44. The number of pyridine rings is 2. The molecule has 3 aromatic heterocycles. The summed E-state index contributed by atoms with van der Waals surface area (Å²) in [6.07, 6.45) is 4.73. The van der Waals surface area contributed by atoms with Crippen LogP contribution in [-0.2, 0) is 6.42 Å². The van der Waals surface area contributed by atoms with Crippen LogP contribution in [0.3, 0.4) is 0 Å². The lowest BCUT2D eigenvalue weighted by atomic mass is 9.96. The quantitative estimate of drug-likeness (QED) is 0.323. The number of nitrogens with zero attached hydrogens (tertiary/aromatic N) is 3. The van der Waals surface area contributed by atoms with Gasteiger partial charge in [0.15, 0.2) is 0 Å². The summed E-state index contributed by atoms with van der Waals surface area (Å²) in [5.41, 5.74) is 9.69. The summed E-state index contributed by atoms with van der Waals surface area (Å²) >= 11 is 0. The second-order valence-electron chi connectivity index (χ2n) is 7.51. The molecule has 0 atom stereocenters. The van der Waals surface area contributed by atoms with Gasteiger partial charge in [0.1, 0.15) is 5.65 Å². The van der Waals surface area contributed by atoms with Gasteiger partial charge < -0.3 is 0 Å². The molecule has 7 rings (SSSR count). The van der Waals surface area contributed by atoms with Crippen LogP contribution in [-0.4, -0.2) is 14.4 Å². The third-order valence-electron chi connectivity index (χ3n) is 6.07. The molecule has 130 valence electrons. The van der Waals surface area contributed by atoms with Crippen LogP contribution in [0.4, 0.5) is 0 Å². The van der Waals surface area contributed by atoms with Gasteiger partial charge in [0, 0.05) is 17.0 Å². The summed E-state index contributed by atoms with van der Waals surface area (Å²) in [5.74, 6) is 0. The maximum atomic E-state index is 5.07. The van der Waals surface area contributed by atoms with Crippen LogP contribution >= 0.6 is 0 Å². The van der Waals surface area contributed by atoms with Crippen LogP contribution < -0.4 is 0 Å². The van der Waals surface area contributed by atoms with Crippen molar-refractivity contribution in [2.45, 2.75) is 6.42 Å². The Labute approximate surface area is 160 Å². The Kier molecular flexibility index (Phi) is 2.54. The minimum atomic E-state index is 0.983. The van der Waals surface area contributed by atoms with Crippen LogP contribution in [0.15, 0.2) is 79.1 Å². The molecular weight excluding hydrogens is 342 g/mol. The van der Waals surface area contributed by atoms with Gasteiger partial charge in [-0.1, -0.05) is 54.6 Å². The van der Waals surface area contributed by atoms with E-state index < -0.39 is 0 Å². The van der Waals surface area contributed by atoms with Gasteiger partial charge in [-0.05, 0) is 46.2 Å². The highest BCUT2D eigenvalue weighted by Gasteiger charge is 2.24. The zero-order chi connectivity index (χ0) is 18.2. The fourth-order valence-electron chi connectivity index (χ4n) is 4.91. The van der Waals surface area contributed by atoms with Crippen LogP contribution in [0.5, 0.6) is 0 Å². The van der Waals surface area contributed by atoms with Crippen molar-refractivity contribution in [2.75, 3.05) is 0 Å². The number of aromatic nitrogens is 3. The summed E-state index contributed by atoms with van der Waals surface area (Å²) < 4.78 is 2.28. The Morgan fingerprint density at radius 1 is 0.750 bits per heavy atom. The average molecular weight is 357 g/mol. The van der Waals surface area contributed by atoms with E-state index in [1.165, 1.54) is 43.9 Å². The Balaban J connectivity index is 1.84. The number of imidazole rings is 1. The topological polar surface area (TPSA) is 30.2 Å². The number of fused-ring (bicyclic) bond motifs is 12. The molecule has 1 aliphatic carbocycles. The summed E-state index contributed by atoms with van der Waals surface area (Å²) in [6, 6.07) is 23.9. The molecule has 0 fully saturated rings. The van der Waals surface area contributed by atoms with Gasteiger partial charge in [-0.2, -0.15) is 0 Å². The van der Waals surface area contributed by atoms with Gasteiger partial charge in [-0.15, -0.1) is 0 Å². The molecule has 1 aliphatic rings. The normalized spacial score (nSPS) is 12.9. The third kappa shape index (κ3) is 1.65. The zero-order valence-electron chi connectivity index (χ0n) is 15.1. The number of benzene rings is 3. The first-order valence-corrected chi connectivity index (χ1v) is 9.57. The number of hydrogen-bond acceptors (Lipinski definition) is 2. The number of para-hydroxylation sites is 1. The largest absolute Gasteiger partial charge is 0.290 e. The van der Waals surface area contributed by atoms with Crippen molar-refractivity contribution in [3.63, 3.8) is 0 Å². The molecule has 0 saturated carbocycles. The Hall–Kier alpha value is -3.72. The van der Waals surface area contributed by atoms with Crippen molar-refractivity contribution in [2.24, 2.45) is 0 Å². The molecular formula is C25H15N3. The SMILES string of the molecule is c1ccc2c(c1)Cc1ccc3c4ccccc4n4c5cnccc5nc4c3c1-2. The van der Waals surface area contributed by atoms with Crippen molar-refractivity contribution in [1.82, 2.24) is 14.4 Å². The minimum absolute atomic E-state index is 0.983. The smallest absolute Gasteiger partial charge is 0.147 e. The first-order chi connectivity index (χ1) is 13.9. The summed E-state index contributed by atoms with van der Waals surface area (Å²) in [4.78, 5) is 9.44. The van der Waals surface area contributed by atoms with Crippen molar-refractivity contribution >= 4 is 38.4 Å². The minimum Gasteiger partial charge on any atom is -0.290 e. The van der Waals surface area contributed by atoms with E-state index in [2.05, 4.69) is 70.0 Å². The predicted molar refractivity (Wildman–Crippen MR) is 114 cm³/mol. The molecule has 0 radical (unpaired) electrons. The van der Waals surface area contributed by atoms with Crippen LogP contribution in [0.1, 0.15) is 11.1 Å². The van der Waals surface area contributed by atoms with E-state index in [1.54, 1.807) is 0 Å². The molecule has 3 heterocycles. The lowest BCUT2D eigenvalue weighted by Crippen LogP contribution is -1.94. The lowest BCUT2D eigenvalue weighted by Gasteiger charge is -2.13. The Bertz CT molecular complexity index is 1590. The monoisotopic (exact) mass is 357 g/mol. The standard InChI is InChI=1S/C25H15N3/c1-2-6-17-15(5-1)13-16-9-10-19-18-7-3-4-8-21(18)28-22-14-26-12-11-20(22)27-25(28)24(19)23(16)17/h1-12,14H,13H2. The molecule has 3 heteroatoms. The molecule has 0 N–H and O–H groups in total. The Morgan fingerprint density at radius 2 is 1.64 bits per heavy atom. The van der Waals surface area contributed by atoms with Crippen molar-refractivity contribution in [3.8, 4) is 11.1 Å². The van der Waals surface area contributed by atoms with Gasteiger partial charge in [-0.3, -0.25) is 9.38 Å². The van der Waals surface area contributed by atoms with Crippen molar-refractivity contribution in [3.05, 3.63) is 90.3 Å². The highest BCUT2D eigenvalue weighted by molar-refractivity contribution is 6.19. The van der Waals surface area contributed by atoms with Crippen molar-refractivity contribution < 1.29 is 0 Å². The molecule has 0 saturated heterocycles. The molecule has 0 spiro atoms.